The van der Waals surface area contributed by atoms with Crippen LogP contribution in [-0.4, -0.2) is 23.1 Å². The standard InChI is InChI=1S/C14H18FNO4/c1-13(2,3)20-12(19)16-14(4,8-17)10-6-5-9(18)7-11(10)15/h5-8,18H,1-4H3,(H,16,19). The van der Waals surface area contributed by atoms with Crippen molar-refractivity contribution in [2.75, 3.05) is 0 Å². The van der Waals surface area contributed by atoms with Gasteiger partial charge in [0.25, 0.3) is 0 Å². The van der Waals surface area contributed by atoms with Crippen LogP contribution in [0, 0.1) is 5.82 Å². The average Bonchev–Trinajstić information content (AvgIpc) is 2.25. The van der Waals surface area contributed by atoms with Crippen molar-refractivity contribution in [3.63, 3.8) is 0 Å². The summed E-state index contributed by atoms with van der Waals surface area (Å²) in [6.45, 7) is 6.36. The molecular weight excluding hydrogens is 265 g/mol. The van der Waals surface area contributed by atoms with Crippen LogP contribution in [0.5, 0.6) is 5.75 Å². The van der Waals surface area contributed by atoms with Crippen LogP contribution in [0.4, 0.5) is 9.18 Å². The molecule has 20 heavy (non-hydrogen) atoms. The Labute approximate surface area is 116 Å². The number of rotatable bonds is 3. The number of carbonyl (C=O) groups is 2. The third-order valence-corrected chi connectivity index (χ3v) is 2.51. The van der Waals surface area contributed by atoms with Gasteiger partial charge < -0.3 is 20.0 Å². The number of aromatic hydroxyl groups is 1. The van der Waals surface area contributed by atoms with Crippen LogP contribution in [0.1, 0.15) is 33.3 Å². The third kappa shape index (κ3) is 3.94. The Kier molecular flexibility index (Phi) is 4.37. The molecule has 1 aromatic carbocycles. The van der Waals surface area contributed by atoms with Gasteiger partial charge in [0.1, 0.15) is 29.0 Å². The van der Waals surface area contributed by atoms with Crippen molar-refractivity contribution in [1.29, 1.82) is 0 Å². The highest BCUT2D eigenvalue weighted by Gasteiger charge is 2.33. The molecule has 1 atom stereocenters. The summed E-state index contributed by atoms with van der Waals surface area (Å²) >= 11 is 0. The second-order valence-electron chi connectivity index (χ2n) is 5.61. The maximum absolute atomic E-state index is 13.8. The molecule has 0 radical (unpaired) electrons. The minimum absolute atomic E-state index is 0.0591. The van der Waals surface area contributed by atoms with Gasteiger partial charge in [0.15, 0.2) is 0 Å². The normalized spacial score (nSPS) is 14.2. The van der Waals surface area contributed by atoms with Gasteiger partial charge in [0.05, 0.1) is 0 Å². The van der Waals surface area contributed by atoms with Crippen molar-refractivity contribution in [2.24, 2.45) is 0 Å². The first-order chi connectivity index (χ1) is 9.07. The van der Waals surface area contributed by atoms with Crippen LogP contribution in [-0.2, 0) is 15.1 Å². The van der Waals surface area contributed by atoms with Crippen molar-refractivity contribution in [2.45, 2.75) is 38.8 Å². The van der Waals surface area contributed by atoms with Gasteiger partial charge in [-0.25, -0.2) is 9.18 Å². The van der Waals surface area contributed by atoms with Crippen molar-refractivity contribution < 1.29 is 23.8 Å². The van der Waals surface area contributed by atoms with Crippen molar-refractivity contribution >= 4 is 12.4 Å². The first-order valence-corrected chi connectivity index (χ1v) is 6.04. The van der Waals surface area contributed by atoms with Gasteiger partial charge in [-0.05, 0) is 39.8 Å². The predicted octanol–water partition coefficient (Wildman–Crippen LogP) is 2.47. The van der Waals surface area contributed by atoms with Gasteiger partial charge in [-0.2, -0.15) is 0 Å². The fourth-order valence-electron chi connectivity index (χ4n) is 1.60. The number of halogens is 1. The number of alkyl carbamates (subject to hydrolysis) is 1. The molecule has 0 spiro atoms. The maximum atomic E-state index is 13.8. The number of nitrogens with one attached hydrogen (secondary N) is 1. The molecule has 0 saturated heterocycles. The largest absolute Gasteiger partial charge is 0.508 e. The lowest BCUT2D eigenvalue weighted by molar-refractivity contribution is -0.113. The summed E-state index contributed by atoms with van der Waals surface area (Å²) in [4.78, 5) is 23.0. The van der Waals surface area contributed by atoms with Gasteiger partial charge in [0.2, 0.25) is 0 Å². The van der Waals surface area contributed by atoms with E-state index in [1.165, 1.54) is 19.1 Å². The summed E-state index contributed by atoms with van der Waals surface area (Å²) in [6.07, 6.45) is -0.425. The zero-order valence-electron chi connectivity index (χ0n) is 11.9. The number of hydrogen-bond acceptors (Lipinski definition) is 4. The fourth-order valence-corrected chi connectivity index (χ4v) is 1.60. The number of ether oxygens (including phenoxy) is 1. The lowest BCUT2D eigenvalue weighted by Gasteiger charge is -2.28. The Bertz CT molecular complexity index is 524. The summed E-state index contributed by atoms with van der Waals surface area (Å²) in [5.41, 5.74) is -2.38. The first kappa shape index (κ1) is 15.9. The Morgan fingerprint density at radius 3 is 2.40 bits per heavy atom. The molecule has 2 N–H and O–H groups in total. The van der Waals surface area contributed by atoms with Crippen LogP contribution in [0.25, 0.3) is 0 Å². The zero-order valence-corrected chi connectivity index (χ0v) is 11.9. The topological polar surface area (TPSA) is 75.6 Å². The van der Waals surface area contributed by atoms with E-state index in [1.54, 1.807) is 20.8 Å². The first-order valence-electron chi connectivity index (χ1n) is 6.04. The Hall–Kier alpha value is -2.11. The number of carbonyl (C=O) groups excluding carboxylic acids is 2. The number of amides is 1. The van der Waals surface area contributed by atoms with Crippen molar-refractivity contribution in [3.05, 3.63) is 29.6 Å². The summed E-state index contributed by atoms with van der Waals surface area (Å²) in [5.74, 6) is -1.06. The molecule has 5 nitrogen and oxygen atoms in total. The second kappa shape index (κ2) is 5.48. The Morgan fingerprint density at radius 2 is 1.95 bits per heavy atom. The molecule has 1 unspecified atom stereocenters. The average molecular weight is 283 g/mol. The Morgan fingerprint density at radius 1 is 1.35 bits per heavy atom. The molecule has 1 aromatic rings. The Balaban J connectivity index is 3.03. The molecule has 0 bridgehead atoms. The quantitative estimate of drug-likeness (QED) is 0.836. The summed E-state index contributed by atoms with van der Waals surface area (Å²) < 4.78 is 18.8. The molecule has 6 heteroatoms. The number of hydrogen-bond donors (Lipinski definition) is 2. The molecule has 110 valence electrons. The van der Waals surface area contributed by atoms with E-state index >= 15 is 0 Å². The van der Waals surface area contributed by atoms with Gasteiger partial charge in [-0.3, -0.25) is 0 Å². The molecule has 0 aliphatic heterocycles. The zero-order chi connectivity index (χ0) is 15.6. The fraction of sp³-hybridized carbons (Fsp3) is 0.429. The molecule has 1 rings (SSSR count). The highest BCUT2D eigenvalue weighted by Crippen LogP contribution is 2.25. The molecule has 0 aliphatic carbocycles. The van der Waals surface area contributed by atoms with Crippen molar-refractivity contribution in [1.82, 2.24) is 5.32 Å². The van der Waals surface area contributed by atoms with Gasteiger partial charge in [0, 0.05) is 11.6 Å². The minimum atomic E-state index is -1.58. The number of benzene rings is 1. The summed E-state index contributed by atoms with van der Waals surface area (Å²) in [6, 6.07) is 3.33. The van der Waals surface area contributed by atoms with E-state index in [0.29, 0.717) is 6.29 Å². The molecule has 0 heterocycles. The smallest absolute Gasteiger partial charge is 0.408 e. The number of phenolic OH excluding ortho intramolecular Hbond substituents is 1. The van der Waals surface area contributed by atoms with E-state index in [9.17, 15) is 19.1 Å². The molecule has 1 amide bonds. The molecule has 0 aliphatic rings. The monoisotopic (exact) mass is 283 g/mol. The van der Waals surface area contributed by atoms with Crippen LogP contribution in [0.2, 0.25) is 0 Å². The second-order valence-corrected chi connectivity index (χ2v) is 5.61. The molecule has 0 saturated carbocycles. The predicted molar refractivity (Wildman–Crippen MR) is 70.9 cm³/mol. The minimum Gasteiger partial charge on any atom is -0.508 e. The van der Waals surface area contributed by atoms with Crippen molar-refractivity contribution in [3.8, 4) is 5.75 Å². The van der Waals surface area contributed by atoms with E-state index in [0.717, 1.165) is 6.07 Å². The third-order valence-electron chi connectivity index (χ3n) is 2.51. The van der Waals surface area contributed by atoms with Crippen LogP contribution in [0.3, 0.4) is 0 Å². The lowest BCUT2D eigenvalue weighted by Crippen LogP contribution is -2.47. The summed E-state index contributed by atoms with van der Waals surface area (Å²) in [5, 5.41) is 11.5. The van der Waals surface area contributed by atoms with Crippen LogP contribution in [0.15, 0.2) is 18.2 Å². The van der Waals surface area contributed by atoms with E-state index in [1.807, 2.05) is 0 Å². The van der Waals surface area contributed by atoms with E-state index < -0.39 is 23.1 Å². The van der Waals surface area contributed by atoms with Crippen LogP contribution < -0.4 is 5.32 Å². The van der Waals surface area contributed by atoms with Gasteiger partial charge in [-0.1, -0.05) is 0 Å². The van der Waals surface area contributed by atoms with E-state index in [4.69, 9.17) is 4.74 Å². The molecule has 0 fully saturated rings. The number of aldehydes is 1. The highest BCUT2D eigenvalue weighted by molar-refractivity contribution is 5.78. The van der Waals surface area contributed by atoms with E-state index in [-0.39, 0.29) is 11.3 Å². The van der Waals surface area contributed by atoms with Gasteiger partial charge in [-0.15, -0.1) is 0 Å². The SMILES string of the molecule is CC(C)(C)OC(=O)NC(C)(C=O)c1ccc(O)cc1F. The maximum Gasteiger partial charge on any atom is 0.408 e. The summed E-state index contributed by atoms with van der Waals surface area (Å²) in [7, 11) is 0. The van der Waals surface area contributed by atoms with E-state index in [2.05, 4.69) is 5.32 Å². The van der Waals surface area contributed by atoms with Gasteiger partial charge >= 0.3 is 6.09 Å². The molecule has 0 aromatic heterocycles. The van der Waals surface area contributed by atoms with Crippen LogP contribution >= 0.6 is 0 Å². The number of phenols is 1. The lowest BCUT2D eigenvalue weighted by atomic mass is 9.93. The highest BCUT2D eigenvalue weighted by atomic mass is 19.1. The molecular formula is C14H18FNO4.